The number of fused-ring (bicyclic) bond motifs is 3. The van der Waals surface area contributed by atoms with E-state index < -0.39 is 0 Å². The van der Waals surface area contributed by atoms with E-state index in [1.165, 1.54) is 33.6 Å². The van der Waals surface area contributed by atoms with Crippen molar-refractivity contribution >= 4 is 18.4 Å². The summed E-state index contributed by atoms with van der Waals surface area (Å²) in [5, 5.41) is 0. The number of rotatable bonds is 4. The largest absolute Gasteiger partial charge is 0.388 e. The van der Waals surface area contributed by atoms with E-state index in [2.05, 4.69) is 100 Å². The smallest absolute Gasteiger partial charge is 0.364 e. The van der Waals surface area contributed by atoms with Crippen LogP contribution >= 0.6 is 0 Å². The molecule has 0 atom stereocenters. The van der Waals surface area contributed by atoms with Gasteiger partial charge in [-0.3, -0.25) is 0 Å². The molecule has 0 aliphatic carbocycles. The molecule has 3 aromatic rings. The Labute approximate surface area is 175 Å². The van der Waals surface area contributed by atoms with Gasteiger partial charge >= 0.3 is 6.98 Å². The first-order chi connectivity index (χ1) is 13.8. The highest BCUT2D eigenvalue weighted by Crippen LogP contribution is 2.47. The first-order valence-electron chi connectivity index (χ1n) is 10.9. The fourth-order valence-corrected chi connectivity index (χ4v) is 4.79. The van der Waals surface area contributed by atoms with Crippen molar-refractivity contribution in [3.63, 3.8) is 0 Å². The Kier molecular flexibility index (Phi) is 5.06. The maximum absolute atomic E-state index is 4.77. The molecule has 3 nitrogen and oxygen atoms in total. The molecule has 2 aromatic carbocycles. The summed E-state index contributed by atoms with van der Waals surface area (Å²) in [4.78, 5) is 7.37. The number of nitrogens with zero attached hydrogens (tertiary/aromatic N) is 3. The minimum Gasteiger partial charge on any atom is -0.364 e. The van der Waals surface area contributed by atoms with Crippen molar-refractivity contribution < 1.29 is 0 Å². The SMILES string of the molecule is Cc1cccc2c1-c1nccn1B(C(C)C)N2c1c(C(C)C)cccc1C(C)C. The van der Waals surface area contributed by atoms with Gasteiger partial charge < -0.3 is 9.29 Å². The highest BCUT2D eigenvalue weighted by Gasteiger charge is 2.41. The zero-order chi connectivity index (χ0) is 20.9. The summed E-state index contributed by atoms with van der Waals surface area (Å²) >= 11 is 0. The molecule has 0 saturated carbocycles. The lowest BCUT2D eigenvalue weighted by Gasteiger charge is -2.42. The molecule has 1 aliphatic heterocycles. The molecule has 0 N–H and O–H groups in total. The molecule has 0 amide bonds. The molecule has 29 heavy (non-hydrogen) atoms. The Balaban J connectivity index is 2.10. The van der Waals surface area contributed by atoms with Gasteiger partial charge in [-0.05, 0) is 47.3 Å². The number of aryl methyl sites for hydroxylation is 1. The molecule has 0 saturated heterocycles. The van der Waals surface area contributed by atoms with Crippen LogP contribution in [0, 0.1) is 6.92 Å². The van der Waals surface area contributed by atoms with Crippen molar-refractivity contribution in [1.29, 1.82) is 0 Å². The molecule has 4 heteroatoms. The Morgan fingerprint density at radius 1 is 0.862 bits per heavy atom. The standard InChI is InChI=1S/C25H32BN3/c1-16(2)20-11-9-12-21(17(3)4)24(20)29-22-13-8-10-19(7)23(22)25-27-14-15-28(25)26(29)18(5)6/h8-18H,1-7H3. The number of para-hydroxylation sites is 1. The second kappa shape index (κ2) is 7.40. The van der Waals surface area contributed by atoms with E-state index >= 15 is 0 Å². The average molecular weight is 385 g/mol. The monoisotopic (exact) mass is 385 g/mol. The van der Waals surface area contributed by atoms with E-state index in [0.717, 1.165) is 5.82 Å². The van der Waals surface area contributed by atoms with Crippen LogP contribution in [-0.2, 0) is 0 Å². The zero-order valence-electron chi connectivity index (χ0n) is 18.8. The summed E-state index contributed by atoms with van der Waals surface area (Å²) in [6.45, 7) is 16.2. The molecular weight excluding hydrogens is 353 g/mol. The predicted molar refractivity (Wildman–Crippen MR) is 125 cm³/mol. The lowest BCUT2D eigenvalue weighted by molar-refractivity contribution is 0.828. The van der Waals surface area contributed by atoms with E-state index in [9.17, 15) is 0 Å². The van der Waals surface area contributed by atoms with Gasteiger partial charge in [0.2, 0.25) is 0 Å². The second-order valence-electron chi connectivity index (χ2n) is 9.25. The molecule has 0 spiro atoms. The van der Waals surface area contributed by atoms with E-state index in [1.54, 1.807) is 0 Å². The number of benzene rings is 2. The van der Waals surface area contributed by atoms with Crippen LogP contribution < -0.4 is 4.81 Å². The summed E-state index contributed by atoms with van der Waals surface area (Å²) in [6.07, 6.45) is 4.09. The van der Waals surface area contributed by atoms with Crippen LogP contribution in [0.5, 0.6) is 0 Å². The third-order valence-electron chi connectivity index (χ3n) is 6.13. The summed E-state index contributed by atoms with van der Waals surface area (Å²) in [5.74, 6) is 2.42. The van der Waals surface area contributed by atoms with Gasteiger partial charge in [-0.1, -0.05) is 71.9 Å². The minimum atomic E-state index is 0.194. The van der Waals surface area contributed by atoms with Crippen molar-refractivity contribution in [3.05, 3.63) is 65.5 Å². The summed E-state index contributed by atoms with van der Waals surface area (Å²) in [6, 6.07) is 13.5. The number of anilines is 2. The third-order valence-corrected chi connectivity index (χ3v) is 6.13. The highest BCUT2D eigenvalue weighted by molar-refractivity contribution is 6.66. The lowest BCUT2D eigenvalue weighted by atomic mass is 9.59. The first-order valence-corrected chi connectivity index (χ1v) is 10.9. The van der Waals surface area contributed by atoms with Gasteiger partial charge in [-0.2, -0.15) is 0 Å². The van der Waals surface area contributed by atoms with Gasteiger partial charge in [0, 0.05) is 29.3 Å². The zero-order valence-corrected chi connectivity index (χ0v) is 18.8. The fourth-order valence-electron chi connectivity index (χ4n) is 4.79. The van der Waals surface area contributed by atoms with Crippen LogP contribution in [0.2, 0.25) is 5.82 Å². The Bertz CT molecular complexity index is 1010. The highest BCUT2D eigenvalue weighted by atomic mass is 15.2. The predicted octanol–water partition coefficient (Wildman–Crippen LogP) is 7.00. The first kappa shape index (κ1) is 19.8. The van der Waals surface area contributed by atoms with Crippen LogP contribution in [-0.4, -0.2) is 16.4 Å². The second-order valence-corrected chi connectivity index (χ2v) is 9.25. The maximum Gasteiger partial charge on any atom is 0.388 e. The molecule has 150 valence electrons. The van der Waals surface area contributed by atoms with Crippen molar-refractivity contribution in [1.82, 2.24) is 9.46 Å². The molecular formula is C25H32BN3. The van der Waals surface area contributed by atoms with Gasteiger partial charge in [-0.25, -0.2) is 4.98 Å². The van der Waals surface area contributed by atoms with E-state index in [1.807, 2.05) is 6.20 Å². The molecule has 2 heterocycles. The average Bonchev–Trinajstić information content (AvgIpc) is 3.15. The van der Waals surface area contributed by atoms with Gasteiger partial charge in [0.05, 0.1) is 0 Å². The van der Waals surface area contributed by atoms with E-state index in [0.29, 0.717) is 17.7 Å². The van der Waals surface area contributed by atoms with Gasteiger partial charge in [0.1, 0.15) is 5.82 Å². The topological polar surface area (TPSA) is 21.1 Å². The summed E-state index contributed by atoms with van der Waals surface area (Å²) in [5.41, 5.74) is 8.01. The fraction of sp³-hybridized carbons (Fsp3) is 0.400. The maximum atomic E-state index is 4.77. The van der Waals surface area contributed by atoms with Crippen LogP contribution in [0.25, 0.3) is 11.4 Å². The molecule has 0 fully saturated rings. The van der Waals surface area contributed by atoms with Crippen LogP contribution in [0.1, 0.15) is 70.1 Å². The van der Waals surface area contributed by atoms with E-state index in [4.69, 9.17) is 4.98 Å². The van der Waals surface area contributed by atoms with Gasteiger partial charge in [0.15, 0.2) is 0 Å². The summed E-state index contributed by atoms with van der Waals surface area (Å²) in [7, 11) is 0. The third kappa shape index (κ3) is 3.10. The van der Waals surface area contributed by atoms with Gasteiger partial charge in [-0.15, -0.1) is 0 Å². The minimum absolute atomic E-state index is 0.194. The quantitative estimate of drug-likeness (QED) is 0.451. The van der Waals surface area contributed by atoms with E-state index in [-0.39, 0.29) is 6.98 Å². The molecule has 1 aliphatic rings. The van der Waals surface area contributed by atoms with Crippen molar-refractivity contribution in [2.75, 3.05) is 4.81 Å². The number of imidazole rings is 1. The van der Waals surface area contributed by atoms with Crippen molar-refractivity contribution in [3.8, 4) is 11.4 Å². The molecule has 4 rings (SSSR count). The van der Waals surface area contributed by atoms with Crippen LogP contribution in [0.15, 0.2) is 48.8 Å². The number of hydrogen-bond donors (Lipinski definition) is 0. The van der Waals surface area contributed by atoms with Crippen molar-refractivity contribution in [2.45, 2.75) is 66.1 Å². The Morgan fingerprint density at radius 2 is 1.48 bits per heavy atom. The normalized spacial score (nSPS) is 13.4. The molecule has 1 aromatic heterocycles. The molecule has 0 radical (unpaired) electrons. The lowest BCUT2D eigenvalue weighted by Crippen LogP contribution is -2.48. The Hall–Kier alpha value is -2.49. The molecule has 0 bridgehead atoms. The van der Waals surface area contributed by atoms with Crippen molar-refractivity contribution in [2.24, 2.45) is 0 Å². The molecule has 0 unspecified atom stereocenters. The number of hydrogen-bond acceptors (Lipinski definition) is 2. The Morgan fingerprint density at radius 3 is 2.07 bits per heavy atom. The van der Waals surface area contributed by atoms with Crippen LogP contribution in [0.3, 0.4) is 0 Å². The number of aromatic nitrogens is 2. The summed E-state index contributed by atoms with van der Waals surface area (Å²) < 4.78 is 2.38. The van der Waals surface area contributed by atoms with Gasteiger partial charge in [0.25, 0.3) is 0 Å². The van der Waals surface area contributed by atoms with Crippen LogP contribution in [0.4, 0.5) is 11.4 Å².